The average Bonchev–Trinajstić information content (AvgIpc) is 3.18. The molecular weight excluding hydrogens is 720 g/mol. The number of halogens is 4. The zero-order valence-corrected chi connectivity index (χ0v) is 29.9. The van der Waals surface area contributed by atoms with Crippen LogP contribution < -0.4 is 25.0 Å². The lowest BCUT2D eigenvalue weighted by molar-refractivity contribution is -0.137. The molecule has 0 bridgehead atoms. The summed E-state index contributed by atoms with van der Waals surface area (Å²) in [6.07, 6.45) is -2.39. The molecule has 1 aliphatic heterocycles. The van der Waals surface area contributed by atoms with Crippen LogP contribution in [0.1, 0.15) is 22.5 Å². The lowest BCUT2D eigenvalue weighted by Gasteiger charge is -2.32. The molecule has 0 unspecified atom stereocenters. The smallest absolute Gasteiger partial charge is 0.418 e. The topological polar surface area (TPSA) is 111 Å². The molecule has 0 saturated carbocycles. The van der Waals surface area contributed by atoms with Gasteiger partial charge in [0.1, 0.15) is 5.75 Å². The second-order valence-electron chi connectivity index (χ2n) is 13.0. The van der Waals surface area contributed by atoms with Crippen molar-refractivity contribution in [3.05, 3.63) is 118 Å². The highest BCUT2D eigenvalue weighted by atomic mass is 19.4. The van der Waals surface area contributed by atoms with Crippen molar-refractivity contribution in [1.82, 2.24) is 24.6 Å². The molecular formula is C40H36F4N6O5. The average molecular weight is 757 g/mol. The predicted octanol–water partition coefficient (Wildman–Crippen LogP) is 7.16. The number of nitrogens with zero attached hydrogens (tertiary/aromatic N) is 5. The maximum absolute atomic E-state index is 15.5. The van der Waals surface area contributed by atoms with E-state index in [0.717, 1.165) is 56.0 Å². The first-order valence-corrected chi connectivity index (χ1v) is 17.5. The first-order valence-electron chi connectivity index (χ1n) is 17.5. The van der Waals surface area contributed by atoms with Crippen LogP contribution in [0.4, 0.5) is 23.2 Å². The van der Waals surface area contributed by atoms with E-state index in [2.05, 4.69) is 32.2 Å². The Kier molecular flexibility index (Phi) is 10.7. The Hall–Kier alpha value is -6.06. The third kappa shape index (κ3) is 8.07. The number of benzene rings is 4. The van der Waals surface area contributed by atoms with Crippen LogP contribution in [-0.2, 0) is 6.18 Å². The lowest BCUT2D eigenvalue weighted by atomic mass is 10.1. The van der Waals surface area contributed by atoms with E-state index in [1.54, 1.807) is 18.2 Å². The Labute approximate surface area is 312 Å². The Balaban J connectivity index is 1.09. The highest BCUT2D eigenvalue weighted by Gasteiger charge is 2.34. The minimum absolute atomic E-state index is 0.0318. The molecule has 1 aliphatic rings. The number of para-hydroxylation sites is 2. The van der Waals surface area contributed by atoms with Gasteiger partial charge in [0, 0.05) is 62.1 Å². The second kappa shape index (κ2) is 15.7. The van der Waals surface area contributed by atoms with Crippen molar-refractivity contribution in [2.45, 2.75) is 12.6 Å². The maximum atomic E-state index is 15.5. The summed E-state index contributed by atoms with van der Waals surface area (Å²) in [7, 11) is 3.64. The minimum atomic E-state index is -4.75. The van der Waals surface area contributed by atoms with E-state index in [9.17, 15) is 22.8 Å². The van der Waals surface area contributed by atoms with Crippen LogP contribution in [-0.4, -0.2) is 84.0 Å². The minimum Gasteiger partial charge on any atom is -0.493 e. The van der Waals surface area contributed by atoms with E-state index in [-0.39, 0.29) is 33.8 Å². The van der Waals surface area contributed by atoms with Crippen molar-refractivity contribution in [2.75, 3.05) is 58.8 Å². The van der Waals surface area contributed by atoms with Crippen LogP contribution in [0, 0.1) is 5.82 Å². The molecule has 284 valence electrons. The summed E-state index contributed by atoms with van der Waals surface area (Å²) in [5.41, 5.74) is -2.35. The van der Waals surface area contributed by atoms with Crippen LogP contribution in [0.5, 0.6) is 23.0 Å². The fraction of sp³-hybridized carbons (Fsp3) is 0.250. The number of nitrogens with one attached hydrogen (secondary N) is 1. The predicted molar refractivity (Wildman–Crippen MR) is 199 cm³/mol. The molecule has 15 heteroatoms. The van der Waals surface area contributed by atoms with Crippen molar-refractivity contribution in [1.29, 1.82) is 0 Å². The molecule has 0 radical (unpaired) electrons. The van der Waals surface area contributed by atoms with Gasteiger partial charge in [0.2, 0.25) is 5.43 Å². The number of carbonyl (C=O) groups is 1. The van der Waals surface area contributed by atoms with Crippen LogP contribution in [0.25, 0.3) is 27.5 Å². The fourth-order valence-electron chi connectivity index (χ4n) is 6.41. The second-order valence-corrected chi connectivity index (χ2v) is 13.0. The van der Waals surface area contributed by atoms with Gasteiger partial charge < -0.3 is 29.3 Å². The fourth-order valence-corrected chi connectivity index (χ4v) is 6.41. The number of fused-ring (bicyclic) bond motifs is 2. The highest BCUT2D eigenvalue weighted by molar-refractivity contribution is 6.04. The van der Waals surface area contributed by atoms with Gasteiger partial charge in [0.15, 0.2) is 28.8 Å². The molecule has 0 atom stereocenters. The lowest BCUT2D eigenvalue weighted by Crippen LogP contribution is -2.44. The van der Waals surface area contributed by atoms with Crippen molar-refractivity contribution < 1.29 is 36.6 Å². The van der Waals surface area contributed by atoms with Gasteiger partial charge >= 0.3 is 6.18 Å². The number of alkyl halides is 3. The van der Waals surface area contributed by atoms with Gasteiger partial charge in [0.25, 0.3) is 5.91 Å². The van der Waals surface area contributed by atoms with E-state index in [1.807, 2.05) is 0 Å². The summed E-state index contributed by atoms with van der Waals surface area (Å²) in [5.74, 6) is -0.831. The van der Waals surface area contributed by atoms with Crippen LogP contribution in [0.2, 0.25) is 0 Å². The number of ether oxygens (including phenoxy) is 3. The number of anilines is 1. The summed E-state index contributed by atoms with van der Waals surface area (Å²) in [4.78, 5) is 36.0. The van der Waals surface area contributed by atoms with Gasteiger partial charge in [-0.2, -0.15) is 18.3 Å². The third-order valence-corrected chi connectivity index (χ3v) is 9.31. The van der Waals surface area contributed by atoms with Gasteiger partial charge in [-0.15, -0.1) is 0 Å². The molecule has 0 spiro atoms. The SMILES string of the molecule is COc1cc2c(Oc3ccc(NC(=O)c4nn(-c5ccccc5C(F)(F)F)c5ccccc5c4=O)cc3F)ccnc2cc1OCCCN1CCN(C)CC1. The summed E-state index contributed by atoms with van der Waals surface area (Å²) in [5, 5.41) is 7.01. The molecule has 55 heavy (non-hydrogen) atoms. The molecule has 11 nitrogen and oxygen atoms in total. The Morgan fingerprint density at radius 2 is 1.64 bits per heavy atom. The number of pyridine rings is 1. The Morgan fingerprint density at radius 3 is 2.40 bits per heavy atom. The van der Waals surface area contributed by atoms with Crippen molar-refractivity contribution in [3.8, 4) is 28.7 Å². The first kappa shape index (κ1) is 37.3. The van der Waals surface area contributed by atoms with Gasteiger partial charge in [-0.25, -0.2) is 9.07 Å². The molecule has 1 saturated heterocycles. The molecule has 1 fully saturated rings. The number of methoxy groups -OCH3 is 1. The van der Waals surface area contributed by atoms with Gasteiger partial charge in [-0.05, 0) is 62.0 Å². The molecule has 0 aliphatic carbocycles. The van der Waals surface area contributed by atoms with Gasteiger partial charge in [-0.3, -0.25) is 14.6 Å². The largest absolute Gasteiger partial charge is 0.493 e. The molecule has 1 N–H and O–H groups in total. The number of rotatable bonds is 11. The van der Waals surface area contributed by atoms with E-state index in [4.69, 9.17) is 14.2 Å². The first-order chi connectivity index (χ1) is 26.5. The summed E-state index contributed by atoms with van der Waals surface area (Å²) >= 11 is 0. The van der Waals surface area contributed by atoms with E-state index in [0.29, 0.717) is 29.0 Å². The number of hydrogen-bond donors (Lipinski definition) is 1. The monoisotopic (exact) mass is 756 g/mol. The normalized spacial score (nSPS) is 13.9. The molecule has 7 rings (SSSR count). The zero-order valence-electron chi connectivity index (χ0n) is 29.9. The number of amides is 1. The summed E-state index contributed by atoms with van der Waals surface area (Å²) in [6.45, 7) is 5.55. The van der Waals surface area contributed by atoms with E-state index < -0.39 is 34.6 Å². The zero-order chi connectivity index (χ0) is 38.7. The highest BCUT2D eigenvalue weighted by Crippen LogP contribution is 2.38. The van der Waals surface area contributed by atoms with E-state index in [1.165, 1.54) is 67.9 Å². The number of aromatic nitrogens is 3. The van der Waals surface area contributed by atoms with Crippen LogP contribution >= 0.6 is 0 Å². The maximum Gasteiger partial charge on any atom is 0.418 e. The standard InChI is InChI=1S/C40H36F4N6O5/c1-48-17-19-49(20-18-48)16-7-21-54-36-24-30-27(23-35(36)53-2)33(14-15-45-30)55-34-13-12-25(22-29(34)41)46-39(52)37-38(51)26-8-3-5-10-31(26)50(47-37)32-11-6-4-9-28(32)40(42,43)44/h3-6,8-15,22-24H,7,16-21H2,1-2H3,(H,46,52). The Morgan fingerprint density at radius 1 is 0.873 bits per heavy atom. The van der Waals surface area contributed by atoms with Gasteiger partial charge in [0.05, 0.1) is 41.4 Å². The number of hydrogen-bond acceptors (Lipinski definition) is 9. The molecule has 4 aromatic carbocycles. The summed E-state index contributed by atoms with van der Waals surface area (Å²) < 4.78 is 75.9. The van der Waals surface area contributed by atoms with Crippen molar-refractivity contribution in [3.63, 3.8) is 0 Å². The quantitative estimate of drug-likeness (QED) is 0.109. The van der Waals surface area contributed by atoms with Crippen LogP contribution in [0.15, 0.2) is 95.9 Å². The number of carbonyl (C=O) groups excluding carboxylic acids is 1. The van der Waals surface area contributed by atoms with Crippen LogP contribution in [0.3, 0.4) is 0 Å². The molecule has 6 aromatic rings. The third-order valence-electron chi connectivity index (χ3n) is 9.31. The van der Waals surface area contributed by atoms with Crippen molar-refractivity contribution >= 4 is 33.4 Å². The Bertz CT molecular complexity index is 2430. The number of piperazine rings is 1. The molecule has 3 heterocycles. The molecule has 2 aromatic heterocycles. The molecule has 1 amide bonds. The van der Waals surface area contributed by atoms with E-state index >= 15 is 4.39 Å². The van der Waals surface area contributed by atoms with Gasteiger partial charge in [-0.1, -0.05) is 24.3 Å². The number of likely N-dealkylation sites (N-methyl/N-ethyl adjacent to an activating group) is 1. The van der Waals surface area contributed by atoms with Crippen molar-refractivity contribution in [2.24, 2.45) is 0 Å². The summed E-state index contributed by atoms with van der Waals surface area (Å²) in [6, 6.07) is 19.2.